The number of nitrogens with zero attached hydrogens (tertiary/aromatic N) is 2. The van der Waals surface area contributed by atoms with Crippen LogP contribution in [0, 0.1) is 5.92 Å². The Bertz CT molecular complexity index is 833. The Morgan fingerprint density at radius 1 is 1.32 bits per heavy atom. The highest BCUT2D eigenvalue weighted by atomic mass is 32.2. The number of amides is 1. The third-order valence-electron chi connectivity index (χ3n) is 4.84. The number of fused-ring (bicyclic) bond motifs is 1. The molecule has 2 heterocycles. The molecule has 1 aromatic carbocycles. The van der Waals surface area contributed by atoms with Crippen LogP contribution in [0.5, 0.6) is 5.75 Å². The van der Waals surface area contributed by atoms with Crippen LogP contribution in [-0.4, -0.2) is 54.3 Å². The topological polar surface area (TPSA) is 76.0 Å². The first-order valence-electron chi connectivity index (χ1n) is 8.35. The van der Waals surface area contributed by atoms with E-state index in [1.54, 1.807) is 7.11 Å². The van der Waals surface area contributed by atoms with Crippen LogP contribution in [-0.2, 0) is 21.2 Å². The number of carbonyl (C=O) groups is 1. The fourth-order valence-corrected chi connectivity index (χ4v) is 7.31. The number of hydrogen-bond donors (Lipinski definition) is 0. The SMILES string of the molecule is COc1ccccc1CN1C(=NC(=O)C2CC2)S[C@@H]2CS(=O)(=O)C[C@@H]21. The molecule has 134 valence electrons. The number of amidine groups is 1. The molecular weight excluding hydrogens is 360 g/mol. The minimum Gasteiger partial charge on any atom is -0.496 e. The number of methoxy groups -OCH3 is 1. The summed E-state index contributed by atoms with van der Waals surface area (Å²) in [4.78, 5) is 18.5. The molecule has 1 amide bonds. The standard InChI is InChI=1S/C17H20N2O4S2/c1-23-14-5-3-2-4-12(14)8-19-13-9-25(21,22)10-15(13)24-17(19)18-16(20)11-6-7-11/h2-5,11,13,15H,6-10H2,1H3/t13-,15+/m0/s1. The van der Waals surface area contributed by atoms with Crippen molar-refractivity contribution in [2.45, 2.75) is 30.7 Å². The lowest BCUT2D eigenvalue weighted by Crippen LogP contribution is -2.37. The number of carbonyl (C=O) groups excluding carboxylic acids is 1. The number of ether oxygens (including phenoxy) is 1. The van der Waals surface area contributed by atoms with Gasteiger partial charge in [0.25, 0.3) is 5.91 Å². The Labute approximate surface area is 151 Å². The van der Waals surface area contributed by atoms with Gasteiger partial charge in [0.1, 0.15) is 5.75 Å². The first-order valence-corrected chi connectivity index (χ1v) is 11.0. The van der Waals surface area contributed by atoms with Gasteiger partial charge in [-0.05, 0) is 18.9 Å². The van der Waals surface area contributed by atoms with Crippen molar-refractivity contribution in [1.29, 1.82) is 0 Å². The van der Waals surface area contributed by atoms with E-state index in [1.807, 2.05) is 29.2 Å². The first-order chi connectivity index (χ1) is 12.0. The predicted molar refractivity (Wildman–Crippen MR) is 97.5 cm³/mol. The zero-order valence-electron chi connectivity index (χ0n) is 13.9. The maximum Gasteiger partial charge on any atom is 0.251 e. The molecule has 0 unspecified atom stereocenters. The number of para-hydroxylation sites is 1. The molecule has 8 heteroatoms. The largest absolute Gasteiger partial charge is 0.496 e. The Morgan fingerprint density at radius 2 is 2.08 bits per heavy atom. The zero-order valence-corrected chi connectivity index (χ0v) is 15.6. The summed E-state index contributed by atoms with van der Waals surface area (Å²) < 4.78 is 29.5. The van der Waals surface area contributed by atoms with E-state index in [2.05, 4.69) is 4.99 Å². The fraction of sp³-hybridized carbons (Fsp3) is 0.529. The molecule has 1 saturated carbocycles. The Hall–Kier alpha value is -1.54. The van der Waals surface area contributed by atoms with E-state index in [-0.39, 0.29) is 34.6 Å². The molecule has 3 aliphatic rings. The van der Waals surface area contributed by atoms with E-state index in [0.717, 1.165) is 24.2 Å². The molecule has 6 nitrogen and oxygen atoms in total. The summed E-state index contributed by atoms with van der Waals surface area (Å²) in [5.41, 5.74) is 0.960. The second-order valence-electron chi connectivity index (χ2n) is 6.75. The maximum atomic E-state index is 12.2. The molecule has 2 aliphatic heterocycles. The minimum absolute atomic E-state index is 0.0505. The van der Waals surface area contributed by atoms with Gasteiger partial charge in [0.15, 0.2) is 15.0 Å². The molecule has 25 heavy (non-hydrogen) atoms. The normalized spacial score (nSPS) is 29.0. The highest BCUT2D eigenvalue weighted by Gasteiger charge is 2.49. The van der Waals surface area contributed by atoms with Gasteiger partial charge in [0.05, 0.1) is 24.7 Å². The molecular formula is C17H20N2O4S2. The summed E-state index contributed by atoms with van der Waals surface area (Å²) in [6.45, 7) is 0.491. The number of hydrogen-bond acceptors (Lipinski definition) is 5. The van der Waals surface area contributed by atoms with Crippen molar-refractivity contribution in [3.8, 4) is 5.75 Å². The van der Waals surface area contributed by atoms with Crippen LogP contribution in [0.1, 0.15) is 18.4 Å². The molecule has 2 atom stereocenters. The number of aliphatic imine (C=N–C) groups is 1. The Kier molecular flexibility index (Phi) is 4.27. The van der Waals surface area contributed by atoms with Crippen LogP contribution in [0.2, 0.25) is 0 Å². The lowest BCUT2D eigenvalue weighted by molar-refractivity contribution is -0.118. The van der Waals surface area contributed by atoms with Crippen molar-refractivity contribution in [2.75, 3.05) is 18.6 Å². The molecule has 4 rings (SSSR count). The summed E-state index contributed by atoms with van der Waals surface area (Å²) in [5.74, 6) is 1.02. The lowest BCUT2D eigenvalue weighted by Gasteiger charge is -2.25. The van der Waals surface area contributed by atoms with Gasteiger partial charge in [-0.3, -0.25) is 4.79 Å². The minimum atomic E-state index is -3.04. The predicted octanol–water partition coefficient (Wildman–Crippen LogP) is 1.70. The average Bonchev–Trinajstić information content (AvgIpc) is 3.32. The second kappa shape index (κ2) is 6.32. The van der Waals surface area contributed by atoms with Gasteiger partial charge >= 0.3 is 0 Å². The van der Waals surface area contributed by atoms with Gasteiger partial charge in [-0.2, -0.15) is 4.99 Å². The van der Waals surface area contributed by atoms with Crippen molar-refractivity contribution < 1.29 is 17.9 Å². The smallest absolute Gasteiger partial charge is 0.251 e. The van der Waals surface area contributed by atoms with Crippen molar-refractivity contribution in [1.82, 2.24) is 4.90 Å². The van der Waals surface area contributed by atoms with Crippen molar-refractivity contribution in [3.05, 3.63) is 29.8 Å². The van der Waals surface area contributed by atoms with Crippen LogP contribution in [0.3, 0.4) is 0 Å². The van der Waals surface area contributed by atoms with Gasteiger partial charge in [-0.25, -0.2) is 8.42 Å². The van der Waals surface area contributed by atoms with Gasteiger partial charge < -0.3 is 9.64 Å². The molecule has 0 spiro atoms. The van der Waals surface area contributed by atoms with E-state index in [9.17, 15) is 13.2 Å². The maximum absolute atomic E-state index is 12.2. The Balaban J connectivity index is 1.64. The van der Waals surface area contributed by atoms with E-state index in [1.165, 1.54) is 11.8 Å². The van der Waals surface area contributed by atoms with Crippen LogP contribution < -0.4 is 4.74 Å². The molecule has 0 radical (unpaired) electrons. The summed E-state index contributed by atoms with van der Waals surface area (Å²) in [6.07, 6.45) is 1.82. The third kappa shape index (κ3) is 3.42. The molecule has 0 N–H and O–H groups in total. The zero-order chi connectivity index (χ0) is 17.6. The Morgan fingerprint density at radius 3 is 2.80 bits per heavy atom. The van der Waals surface area contributed by atoms with E-state index < -0.39 is 9.84 Å². The molecule has 0 bridgehead atoms. The summed E-state index contributed by atoms with van der Waals surface area (Å²) in [7, 11) is -1.42. The number of benzene rings is 1. The van der Waals surface area contributed by atoms with E-state index in [4.69, 9.17) is 4.74 Å². The summed E-state index contributed by atoms with van der Waals surface area (Å²) in [6, 6.07) is 7.53. The van der Waals surface area contributed by atoms with E-state index in [0.29, 0.717) is 11.7 Å². The second-order valence-corrected chi connectivity index (χ2v) is 10.1. The number of rotatable bonds is 4. The van der Waals surface area contributed by atoms with Crippen LogP contribution >= 0.6 is 11.8 Å². The average molecular weight is 380 g/mol. The molecule has 1 aliphatic carbocycles. The fourth-order valence-electron chi connectivity index (χ4n) is 3.35. The first kappa shape index (κ1) is 16.9. The van der Waals surface area contributed by atoms with Crippen LogP contribution in [0.15, 0.2) is 29.3 Å². The van der Waals surface area contributed by atoms with Gasteiger partial charge in [0.2, 0.25) is 0 Å². The summed E-state index contributed by atoms with van der Waals surface area (Å²) in [5, 5.41) is 0.609. The van der Waals surface area contributed by atoms with Crippen molar-refractivity contribution >= 4 is 32.7 Å². The molecule has 2 saturated heterocycles. The van der Waals surface area contributed by atoms with Crippen molar-refractivity contribution in [3.63, 3.8) is 0 Å². The van der Waals surface area contributed by atoms with Gasteiger partial charge in [-0.1, -0.05) is 30.0 Å². The molecule has 0 aromatic heterocycles. The van der Waals surface area contributed by atoms with Crippen molar-refractivity contribution in [2.24, 2.45) is 10.9 Å². The van der Waals surface area contributed by atoms with Gasteiger partial charge in [-0.15, -0.1) is 0 Å². The lowest BCUT2D eigenvalue weighted by atomic mass is 10.1. The molecule has 3 fully saturated rings. The van der Waals surface area contributed by atoms with Gasteiger partial charge in [0, 0.05) is 23.3 Å². The third-order valence-corrected chi connectivity index (χ3v) is 8.09. The number of thioether (sulfide) groups is 1. The quantitative estimate of drug-likeness (QED) is 0.791. The van der Waals surface area contributed by atoms with Crippen LogP contribution in [0.4, 0.5) is 0 Å². The number of sulfone groups is 1. The van der Waals surface area contributed by atoms with Crippen LogP contribution in [0.25, 0.3) is 0 Å². The highest BCUT2D eigenvalue weighted by Crippen LogP contribution is 2.40. The van der Waals surface area contributed by atoms with E-state index >= 15 is 0 Å². The summed E-state index contributed by atoms with van der Waals surface area (Å²) >= 11 is 1.43. The molecule has 1 aromatic rings. The monoisotopic (exact) mass is 380 g/mol. The highest BCUT2D eigenvalue weighted by molar-refractivity contribution is 8.15.